The van der Waals surface area contributed by atoms with Crippen LogP contribution < -0.4 is 4.72 Å². The summed E-state index contributed by atoms with van der Waals surface area (Å²) in [6, 6.07) is 0.0596. The number of benzene rings is 1. The highest BCUT2D eigenvalue weighted by atomic mass is 32.2. The first-order valence-corrected chi connectivity index (χ1v) is 10.9. The second-order valence-electron chi connectivity index (χ2n) is 8.99. The third kappa shape index (κ3) is 4.11. The van der Waals surface area contributed by atoms with Gasteiger partial charge in [0.1, 0.15) is 0 Å². The Balaban J connectivity index is 2.25. The molecule has 0 radical (unpaired) electrons. The largest absolute Gasteiger partial charge is 0.241 e. The van der Waals surface area contributed by atoms with Crippen LogP contribution in [0.4, 0.5) is 0 Å². The number of rotatable bonds is 3. The van der Waals surface area contributed by atoms with Crippen molar-refractivity contribution in [1.29, 1.82) is 0 Å². The fraction of sp³-hybridized carbons (Fsp3) is 0.714. The molecule has 1 aliphatic rings. The lowest BCUT2D eigenvalue weighted by atomic mass is 9.71. The van der Waals surface area contributed by atoms with Crippen LogP contribution in [0.1, 0.15) is 74.3 Å². The average molecular weight is 366 g/mol. The summed E-state index contributed by atoms with van der Waals surface area (Å²) in [5.74, 6) is 0.681. The lowest BCUT2D eigenvalue weighted by molar-refractivity contribution is 0.166. The maximum atomic E-state index is 13.1. The van der Waals surface area contributed by atoms with E-state index in [4.69, 9.17) is 0 Å². The number of nitrogens with one attached hydrogen (secondary N) is 1. The van der Waals surface area contributed by atoms with E-state index in [1.807, 2.05) is 27.7 Å². The molecule has 25 heavy (non-hydrogen) atoms. The van der Waals surface area contributed by atoms with Crippen LogP contribution in [0.25, 0.3) is 0 Å². The highest BCUT2D eigenvalue weighted by Gasteiger charge is 2.32. The quantitative estimate of drug-likeness (QED) is 0.809. The first-order chi connectivity index (χ1) is 11.4. The SMILES string of the molecule is Cc1c(C)c(C)c(S(=O)(=O)NC2CCC(C(C)(C)C)CC2)c(C)c1C. The predicted octanol–water partition coefficient (Wildman–Crippen LogP) is 5.11. The summed E-state index contributed by atoms with van der Waals surface area (Å²) < 4.78 is 29.3. The summed E-state index contributed by atoms with van der Waals surface area (Å²) in [6.07, 6.45) is 4.06. The molecule has 1 saturated carbocycles. The minimum absolute atomic E-state index is 0.0596. The van der Waals surface area contributed by atoms with E-state index in [1.54, 1.807) is 0 Å². The van der Waals surface area contributed by atoms with Crippen molar-refractivity contribution in [1.82, 2.24) is 4.72 Å². The smallest absolute Gasteiger partial charge is 0.208 e. The van der Waals surface area contributed by atoms with Crippen molar-refractivity contribution in [2.45, 2.75) is 92.0 Å². The molecular weight excluding hydrogens is 330 g/mol. The molecule has 1 fully saturated rings. The fourth-order valence-corrected chi connectivity index (χ4v) is 6.13. The molecule has 142 valence electrons. The second-order valence-corrected chi connectivity index (χ2v) is 10.6. The second kappa shape index (κ2) is 7.03. The average Bonchev–Trinajstić information content (AvgIpc) is 2.50. The van der Waals surface area contributed by atoms with Crippen molar-refractivity contribution < 1.29 is 8.42 Å². The van der Waals surface area contributed by atoms with Crippen LogP contribution >= 0.6 is 0 Å². The van der Waals surface area contributed by atoms with Crippen LogP contribution in [0.3, 0.4) is 0 Å². The van der Waals surface area contributed by atoms with Gasteiger partial charge in [-0.3, -0.25) is 0 Å². The number of hydrogen-bond acceptors (Lipinski definition) is 2. The molecule has 0 aromatic heterocycles. The van der Waals surface area contributed by atoms with E-state index in [-0.39, 0.29) is 6.04 Å². The Hall–Kier alpha value is -0.870. The zero-order chi connectivity index (χ0) is 19.2. The molecule has 2 rings (SSSR count). The molecule has 0 unspecified atom stereocenters. The molecule has 3 nitrogen and oxygen atoms in total. The normalized spacial score (nSPS) is 22.2. The molecule has 1 aromatic carbocycles. The third-order valence-electron chi connectivity index (χ3n) is 6.47. The van der Waals surface area contributed by atoms with Gasteiger partial charge >= 0.3 is 0 Å². The minimum Gasteiger partial charge on any atom is -0.208 e. The van der Waals surface area contributed by atoms with E-state index in [0.29, 0.717) is 16.2 Å². The molecule has 0 atom stereocenters. The minimum atomic E-state index is -3.49. The molecule has 0 saturated heterocycles. The van der Waals surface area contributed by atoms with Crippen LogP contribution in [-0.2, 0) is 10.0 Å². The summed E-state index contributed by atoms with van der Waals surface area (Å²) in [4.78, 5) is 0.492. The molecule has 0 aliphatic heterocycles. The van der Waals surface area contributed by atoms with Crippen LogP contribution in [0.15, 0.2) is 4.90 Å². The molecule has 0 heterocycles. The van der Waals surface area contributed by atoms with Gasteiger partial charge in [0, 0.05) is 6.04 Å². The first kappa shape index (κ1) is 20.4. The van der Waals surface area contributed by atoms with Crippen LogP contribution in [-0.4, -0.2) is 14.5 Å². The Bertz CT molecular complexity index is 720. The van der Waals surface area contributed by atoms with Gasteiger partial charge in [0.15, 0.2) is 0 Å². The Labute approximate surface area is 154 Å². The zero-order valence-corrected chi connectivity index (χ0v) is 18.0. The molecule has 1 aromatic rings. The molecule has 0 bridgehead atoms. The Morgan fingerprint density at radius 2 is 1.16 bits per heavy atom. The van der Waals surface area contributed by atoms with Crippen molar-refractivity contribution in [3.05, 3.63) is 27.8 Å². The topological polar surface area (TPSA) is 46.2 Å². The molecule has 1 aliphatic carbocycles. The van der Waals surface area contributed by atoms with Crippen molar-refractivity contribution in [2.24, 2.45) is 11.3 Å². The van der Waals surface area contributed by atoms with Crippen molar-refractivity contribution in [3.8, 4) is 0 Å². The summed E-state index contributed by atoms with van der Waals surface area (Å²) in [5.41, 5.74) is 5.44. The van der Waals surface area contributed by atoms with Gasteiger partial charge in [-0.2, -0.15) is 0 Å². The zero-order valence-electron chi connectivity index (χ0n) is 17.2. The molecular formula is C21H35NO2S. The van der Waals surface area contributed by atoms with E-state index >= 15 is 0 Å². The van der Waals surface area contributed by atoms with E-state index in [9.17, 15) is 8.42 Å². The third-order valence-corrected chi connectivity index (χ3v) is 8.27. The van der Waals surface area contributed by atoms with Gasteiger partial charge in [0.05, 0.1) is 4.90 Å². The van der Waals surface area contributed by atoms with E-state index in [1.165, 1.54) is 5.56 Å². The van der Waals surface area contributed by atoms with Crippen molar-refractivity contribution in [3.63, 3.8) is 0 Å². The Morgan fingerprint density at radius 1 is 0.760 bits per heavy atom. The Morgan fingerprint density at radius 3 is 1.56 bits per heavy atom. The van der Waals surface area contributed by atoms with Crippen LogP contribution in [0.2, 0.25) is 0 Å². The van der Waals surface area contributed by atoms with Gasteiger partial charge in [0.25, 0.3) is 0 Å². The van der Waals surface area contributed by atoms with Crippen molar-refractivity contribution >= 4 is 10.0 Å². The highest BCUT2D eigenvalue weighted by Crippen LogP contribution is 2.38. The molecule has 1 N–H and O–H groups in total. The molecule has 0 spiro atoms. The monoisotopic (exact) mass is 365 g/mol. The van der Waals surface area contributed by atoms with Gasteiger partial charge in [-0.25, -0.2) is 13.1 Å². The number of sulfonamides is 1. The van der Waals surface area contributed by atoms with Gasteiger partial charge in [-0.1, -0.05) is 20.8 Å². The first-order valence-electron chi connectivity index (χ1n) is 9.45. The fourth-order valence-electron chi connectivity index (χ4n) is 4.22. The van der Waals surface area contributed by atoms with E-state index in [2.05, 4.69) is 32.4 Å². The predicted molar refractivity (Wildman–Crippen MR) is 106 cm³/mol. The maximum Gasteiger partial charge on any atom is 0.241 e. The van der Waals surface area contributed by atoms with Gasteiger partial charge in [0.2, 0.25) is 10.0 Å². The standard InChI is InChI=1S/C21H35NO2S/c1-13-14(2)16(4)20(17(5)15(13)3)25(23,24)22-19-11-9-18(10-12-19)21(6,7)8/h18-19,22H,9-12H2,1-8H3. The summed E-state index contributed by atoms with van der Waals surface area (Å²) in [7, 11) is -3.49. The highest BCUT2D eigenvalue weighted by molar-refractivity contribution is 7.89. The molecule has 0 amide bonds. The summed E-state index contributed by atoms with van der Waals surface area (Å²) in [6.45, 7) is 16.8. The maximum absolute atomic E-state index is 13.1. The lowest BCUT2D eigenvalue weighted by Crippen LogP contribution is -2.40. The summed E-state index contributed by atoms with van der Waals surface area (Å²) >= 11 is 0. The van der Waals surface area contributed by atoms with Crippen LogP contribution in [0, 0.1) is 46.0 Å². The summed E-state index contributed by atoms with van der Waals surface area (Å²) in [5, 5.41) is 0. The Kier molecular flexibility index (Phi) is 5.75. The van der Waals surface area contributed by atoms with Gasteiger partial charge in [-0.15, -0.1) is 0 Å². The van der Waals surface area contributed by atoms with Gasteiger partial charge < -0.3 is 0 Å². The van der Waals surface area contributed by atoms with Crippen molar-refractivity contribution in [2.75, 3.05) is 0 Å². The molecule has 4 heteroatoms. The van der Waals surface area contributed by atoms with Crippen LogP contribution in [0.5, 0.6) is 0 Å². The lowest BCUT2D eigenvalue weighted by Gasteiger charge is -2.37. The van der Waals surface area contributed by atoms with E-state index < -0.39 is 10.0 Å². The van der Waals surface area contributed by atoms with E-state index in [0.717, 1.165) is 47.9 Å². The van der Waals surface area contributed by atoms with Gasteiger partial charge in [-0.05, 0) is 99.5 Å². The number of hydrogen-bond donors (Lipinski definition) is 1.